The van der Waals surface area contributed by atoms with E-state index in [1.165, 1.54) is 12.1 Å². The molecule has 1 heterocycles. The molecule has 1 atom stereocenters. The number of sulfonamides is 1. The van der Waals surface area contributed by atoms with Crippen LogP contribution in [0.15, 0.2) is 35.2 Å². The van der Waals surface area contributed by atoms with Gasteiger partial charge in [-0.2, -0.15) is 0 Å². The molecule has 2 amide bonds. The minimum Gasteiger partial charge on any atom is -0.339 e. The van der Waals surface area contributed by atoms with Gasteiger partial charge in [0.1, 0.15) is 0 Å². The van der Waals surface area contributed by atoms with Crippen LogP contribution in [0.3, 0.4) is 0 Å². The third kappa shape index (κ3) is 3.39. The van der Waals surface area contributed by atoms with Crippen LogP contribution in [-0.4, -0.2) is 37.7 Å². The zero-order valence-electron chi connectivity index (χ0n) is 12.8. The Bertz CT molecular complexity index is 696. The van der Waals surface area contributed by atoms with Crippen molar-refractivity contribution in [1.82, 2.24) is 9.62 Å². The van der Waals surface area contributed by atoms with E-state index in [-0.39, 0.29) is 23.3 Å². The Morgan fingerprint density at radius 3 is 2.43 bits per heavy atom. The maximum atomic E-state index is 12.3. The van der Waals surface area contributed by atoms with E-state index < -0.39 is 21.8 Å². The Balaban J connectivity index is 1.66. The number of benzene rings is 1. The molecular weight excluding hydrogens is 316 g/mol. The quantitative estimate of drug-likeness (QED) is 0.898. The lowest BCUT2D eigenvalue weighted by atomic mass is 10.1. The van der Waals surface area contributed by atoms with Crippen molar-refractivity contribution in [3.8, 4) is 0 Å². The standard InChI is InChI=1S/C16H20N2O4S/c19-15-10-12(11-18(15)13-6-4-5-7-13)16(20)17-23(21,22)14-8-2-1-3-9-14/h1-3,8-9,12-13H,4-7,10-11H2,(H,17,20)/t12-/m0/s1. The van der Waals surface area contributed by atoms with Crippen LogP contribution in [0.4, 0.5) is 0 Å². The highest BCUT2D eigenvalue weighted by Gasteiger charge is 2.39. The molecule has 2 aliphatic rings. The molecule has 1 aliphatic carbocycles. The molecule has 3 rings (SSSR count). The van der Waals surface area contributed by atoms with Gasteiger partial charge in [0.2, 0.25) is 11.8 Å². The number of nitrogens with one attached hydrogen (secondary N) is 1. The highest BCUT2D eigenvalue weighted by Crippen LogP contribution is 2.29. The Morgan fingerprint density at radius 2 is 1.78 bits per heavy atom. The van der Waals surface area contributed by atoms with Gasteiger partial charge in [-0.15, -0.1) is 0 Å². The monoisotopic (exact) mass is 336 g/mol. The molecule has 1 saturated carbocycles. The van der Waals surface area contributed by atoms with Gasteiger partial charge in [-0.25, -0.2) is 13.1 Å². The van der Waals surface area contributed by atoms with Crippen molar-refractivity contribution in [3.05, 3.63) is 30.3 Å². The van der Waals surface area contributed by atoms with Gasteiger partial charge in [-0.1, -0.05) is 31.0 Å². The number of rotatable bonds is 4. The van der Waals surface area contributed by atoms with Crippen LogP contribution >= 0.6 is 0 Å². The van der Waals surface area contributed by atoms with E-state index in [1.807, 2.05) is 0 Å². The van der Waals surface area contributed by atoms with Gasteiger partial charge in [0.25, 0.3) is 10.0 Å². The Morgan fingerprint density at radius 1 is 1.13 bits per heavy atom. The van der Waals surface area contributed by atoms with Crippen molar-refractivity contribution >= 4 is 21.8 Å². The van der Waals surface area contributed by atoms with Crippen LogP contribution < -0.4 is 4.72 Å². The Kier molecular flexibility index (Phi) is 4.39. The topological polar surface area (TPSA) is 83.5 Å². The molecule has 7 heteroatoms. The first-order valence-electron chi connectivity index (χ1n) is 7.88. The summed E-state index contributed by atoms with van der Waals surface area (Å²) in [6, 6.07) is 7.97. The number of hydrogen-bond donors (Lipinski definition) is 1. The number of likely N-dealkylation sites (tertiary alicyclic amines) is 1. The molecule has 1 aliphatic heterocycles. The molecule has 23 heavy (non-hydrogen) atoms. The van der Waals surface area contributed by atoms with E-state index in [0.717, 1.165) is 25.7 Å². The summed E-state index contributed by atoms with van der Waals surface area (Å²) in [5.74, 6) is -1.24. The minimum atomic E-state index is -3.88. The molecule has 1 aromatic rings. The highest BCUT2D eigenvalue weighted by molar-refractivity contribution is 7.90. The van der Waals surface area contributed by atoms with Gasteiger partial charge in [-0.3, -0.25) is 9.59 Å². The second-order valence-corrected chi connectivity index (χ2v) is 7.85. The number of amides is 2. The van der Waals surface area contributed by atoms with Crippen LogP contribution in [0.1, 0.15) is 32.1 Å². The zero-order chi connectivity index (χ0) is 16.4. The predicted octanol–water partition coefficient (Wildman–Crippen LogP) is 1.28. The van der Waals surface area contributed by atoms with Crippen molar-refractivity contribution < 1.29 is 18.0 Å². The fourth-order valence-corrected chi connectivity index (χ4v) is 4.42. The van der Waals surface area contributed by atoms with Crippen molar-refractivity contribution in [2.75, 3.05) is 6.54 Å². The van der Waals surface area contributed by atoms with E-state index in [1.54, 1.807) is 23.1 Å². The number of carbonyl (C=O) groups is 2. The zero-order valence-corrected chi connectivity index (χ0v) is 13.6. The predicted molar refractivity (Wildman–Crippen MR) is 83.8 cm³/mol. The fourth-order valence-electron chi connectivity index (χ4n) is 3.35. The minimum absolute atomic E-state index is 0.0466. The second-order valence-electron chi connectivity index (χ2n) is 6.17. The maximum Gasteiger partial charge on any atom is 0.264 e. The van der Waals surface area contributed by atoms with Gasteiger partial charge in [0, 0.05) is 19.0 Å². The van der Waals surface area contributed by atoms with Crippen LogP contribution in [0.5, 0.6) is 0 Å². The molecule has 6 nitrogen and oxygen atoms in total. The lowest BCUT2D eigenvalue weighted by Crippen LogP contribution is -2.38. The summed E-state index contributed by atoms with van der Waals surface area (Å²) in [5.41, 5.74) is 0. The van der Waals surface area contributed by atoms with Crippen molar-refractivity contribution in [3.63, 3.8) is 0 Å². The van der Waals surface area contributed by atoms with Crippen LogP contribution in [0.25, 0.3) is 0 Å². The SMILES string of the molecule is O=C(NS(=O)(=O)c1ccccc1)[C@H]1CC(=O)N(C2CCCC2)C1. The first-order valence-corrected chi connectivity index (χ1v) is 9.37. The van der Waals surface area contributed by atoms with Crippen LogP contribution in [0.2, 0.25) is 0 Å². The van der Waals surface area contributed by atoms with E-state index in [4.69, 9.17) is 0 Å². The van der Waals surface area contributed by atoms with E-state index in [0.29, 0.717) is 6.54 Å². The Labute approximate surface area is 135 Å². The maximum absolute atomic E-state index is 12.3. The van der Waals surface area contributed by atoms with E-state index in [2.05, 4.69) is 4.72 Å². The molecule has 0 aromatic heterocycles. The van der Waals surface area contributed by atoms with Crippen molar-refractivity contribution in [1.29, 1.82) is 0 Å². The summed E-state index contributed by atoms with van der Waals surface area (Å²) >= 11 is 0. The molecule has 1 saturated heterocycles. The van der Waals surface area contributed by atoms with Crippen LogP contribution in [-0.2, 0) is 19.6 Å². The molecule has 0 radical (unpaired) electrons. The molecule has 1 N–H and O–H groups in total. The summed E-state index contributed by atoms with van der Waals surface area (Å²) in [6.45, 7) is 0.319. The largest absolute Gasteiger partial charge is 0.339 e. The first-order chi connectivity index (χ1) is 11.0. The molecule has 0 unspecified atom stereocenters. The van der Waals surface area contributed by atoms with Crippen molar-refractivity contribution in [2.24, 2.45) is 5.92 Å². The fraction of sp³-hybridized carbons (Fsp3) is 0.500. The van der Waals surface area contributed by atoms with Gasteiger partial charge in [-0.05, 0) is 25.0 Å². The number of hydrogen-bond acceptors (Lipinski definition) is 4. The first kappa shape index (κ1) is 16.0. The average Bonchev–Trinajstić information content (AvgIpc) is 3.17. The second kappa shape index (κ2) is 6.31. The van der Waals surface area contributed by atoms with Gasteiger partial charge < -0.3 is 4.90 Å². The number of nitrogens with zero attached hydrogens (tertiary/aromatic N) is 1. The number of carbonyl (C=O) groups excluding carboxylic acids is 2. The third-order valence-electron chi connectivity index (χ3n) is 4.58. The smallest absolute Gasteiger partial charge is 0.264 e. The summed E-state index contributed by atoms with van der Waals surface area (Å²) in [6.07, 6.45) is 4.25. The molecule has 0 bridgehead atoms. The summed E-state index contributed by atoms with van der Waals surface area (Å²) in [4.78, 5) is 26.2. The van der Waals surface area contributed by atoms with Gasteiger partial charge >= 0.3 is 0 Å². The molecular formula is C16H20N2O4S. The van der Waals surface area contributed by atoms with Gasteiger partial charge in [0.05, 0.1) is 10.8 Å². The normalized spacial score (nSPS) is 22.5. The lowest BCUT2D eigenvalue weighted by molar-refractivity contribution is -0.130. The summed E-state index contributed by atoms with van der Waals surface area (Å²) in [5, 5.41) is 0. The van der Waals surface area contributed by atoms with Crippen molar-refractivity contribution in [2.45, 2.75) is 43.0 Å². The third-order valence-corrected chi connectivity index (χ3v) is 5.95. The average molecular weight is 336 g/mol. The highest BCUT2D eigenvalue weighted by atomic mass is 32.2. The van der Waals surface area contributed by atoms with Crippen LogP contribution in [0, 0.1) is 5.92 Å². The molecule has 2 fully saturated rings. The molecule has 0 spiro atoms. The van der Waals surface area contributed by atoms with Gasteiger partial charge in [0.15, 0.2) is 0 Å². The Hall–Kier alpha value is -1.89. The van der Waals surface area contributed by atoms with E-state index >= 15 is 0 Å². The van der Waals surface area contributed by atoms with E-state index in [9.17, 15) is 18.0 Å². The molecule has 124 valence electrons. The molecule has 1 aromatic carbocycles. The lowest BCUT2D eigenvalue weighted by Gasteiger charge is -2.23. The summed E-state index contributed by atoms with van der Waals surface area (Å²) < 4.78 is 26.5. The summed E-state index contributed by atoms with van der Waals surface area (Å²) in [7, 11) is -3.88.